The van der Waals surface area contributed by atoms with Gasteiger partial charge in [-0.25, -0.2) is 4.79 Å². The second kappa shape index (κ2) is 22.4. The average molecular weight is 861 g/mol. The molecule has 11 heteroatoms. The summed E-state index contributed by atoms with van der Waals surface area (Å²) in [6.07, 6.45) is 9.24. The lowest BCUT2D eigenvalue weighted by molar-refractivity contribution is -0.255. The molecule has 1 aliphatic heterocycles. The van der Waals surface area contributed by atoms with Gasteiger partial charge in [0.05, 0.1) is 31.5 Å². The number of amides is 1. The molecule has 0 aromatic heterocycles. The van der Waals surface area contributed by atoms with Gasteiger partial charge >= 0.3 is 6.09 Å². The van der Waals surface area contributed by atoms with E-state index in [9.17, 15) is 15.0 Å². The van der Waals surface area contributed by atoms with Crippen molar-refractivity contribution in [1.82, 2.24) is 4.90 Å². The highest BCUT2D eigenvalue weighted by atomic mass is 16.7. The number of oxime groups is 1. The first kappa shape index (κ1) is 45.8. The van der Waals surface area contributed by atoms with E-state index in [1.807, 2.05) is 74.5 Å². The molecule has 6 atom stereocenters. The van der Waals surface area contributed by atoms with Crippen LogP contribution in [0.1, 0.15) is 82.3 Å². The van der Waals surface area contributed by atoms with Crippen LogP contribution in [0, 0.1) is 17.8 Å². The molecular formula is C52H64N2O9. The van der Waals surface area contributed by atoms with Gasteiger partial charge in [0.1, 0.15) is 36.5 Å². The lowest BCUT2D eigenvalue weighted by Crippen LogP contribution is -2.70. The molecule has 1 fully saturated rings. The predicted octanol–water partition coefficient (Wildman–Crippen LogP) is 10.4. The normalized spacial score (nSPS) is 23.0. The van der Waals surface area contributed by atoms with Gasteiger partial charge in [0.15, 0.2) is 0 Å². The summed E-state index contributed by atoms with van der Waals surface area (Å²) in [5, 5.41) is 26.9. The molecule has 4 aromatic rings. The number of rotatable bonds is 23. The topological polar surface area (TPSA) is 129 Å². The smallest absolute Gasteiger partial charge is 0.410 e. The van der Waals surface area contributed by atoms with Gasteiger partial charge in [-0.2, -0.15) is 0 Å². The van der Waals surface area contributed by atoms with Crippen LogP contribution in [-0.2, 0) is 25.7 Å². The van der Waals surface area contributed by atoms with E-state index >= 15 is 0 Å². The minimum Gasteiger partial charge on any atom is -0.459 e. The number of unbranched alkanes of at least 4 members (excludes halogenated alkanes) is 2. The van der Waals surface area contributed by atoms with Crippen molar-refractivity contribution in [3.63, 3.8) is 0 Å². The van der Waals surface area contributed by atoms with Crippen LogP contribution in [0.25, 0.3) is 10.8 Å². The van der Waals surface area contributed by atoms with Gasteiger partial charge < -0.3 is 38.7 Å². The van der Waals surface area contributed by atoms with E-state index in [1.54, 1.807) is 11.0 Å². The molecule has 2 aliphatic carbocycles. The number of carbonyl (C=O) groups excluding carboxylic acids is 1. The molecule has 4 aromatic carbocycles. The summed E-state index contributed by atoms with van der Waals surface area (Å²) in [6.45, 7) is 9.85. The van der Waals surface area contributed by atoms with E-state index < -0.39 is 23.8 Å². The summed E-state index contributed by atoms with van der Waals surface area (Å²) in [4.78, 5) is 22.1. The number of ether oxygens (including phenoxy) is 5. The Labute approximate surface area is 372 Å². The van der Waals surface area contributed by atoms with Gasteiger partial charge in [0, 0.05) is 37.7 Å². The average Bonchev–Trinajstić information content (AvgIpc) is 3.31. The first-order chi connectivity index (χ1) is 30.9. The number of carbonyl (C=O) groups is 1. The Kier molecular flexibility index (Phi) is 16.3. The number of hydrogen-bond acceptors (Lipinski definition) is 10. The lowest BCUT2D eigenvalue weighted by Gasteiger charge is -2.59. The highest BCUT2D eigenvalue weighted by Crippen LogP contribution is 2.62. The predicted molar refractivity (Wildman–Crippen MR) is 245 cm³/mol. The van der Waals surface area contributed by atoms with E-state index in [0.29, 0.717) is 56.9 Å². The van der Waals surface area contributed by atoms with Crippen molar-refractivity contribution in [2.45, 2.75) is 89.6 Å². The Morgan fingerprint density at radius 3 is 2.41 bits per heavy atom. The van der Waals surface area contributed by atoms with Crippen LogP contribution in [0.15, 0.2) is 120 Å². The molecule has 1 amide bonds. The number of aliphatic hydroxyl groups is 2. The van der Waals surface area contributed by atoms with Crippen LogP contribution in [0.4, 0.5) is 4.79 Å². The van der Waals surface area contributed by atoms with Crippen molar-refractivity contribution < 1.29 is 43.5 Å². The summed E-state index contributed by atoms with van der Waals surface area (Å²) in [5.41, 5.74) is 3.75. The van der Waals surface area contributed by atoms with Crippen LogP contribution in [0.5, 0.6) is 17.2 Å². The minimum absolute atomic E-state index is 0.0718. The summed E-state index contributed by atoms with van der Waals surface area (Å²) < 4.78 is 33.0. The fourth-order valence-corrected chi connectivity index (χ4v) is 9.87. The van der Waals surface area contributed by atoms with Crippen molar-refractivity contribution in [2.24, 2.45) is 22.9 Å². The standard InChI is InChI=1S/C52H64N2O9/c1-4-26-54(51(57)59-31-30-58-36-37-16-8-7-9-17-37)48-35-46(53-61-6-3)44-33-40(20-12-14-27-55)43(21-13-15-28-56)49-45-34-42(62-41-23-22-38-18-10-11-19-39(38)32-41)24-25-47(45)63-52(48,50(44)49)60-29-5-2/h5,7-11,16-19,22-25,32-34,40,43,48-50,55-56H,2,4,6,12-15,20-21,26-31,35-36H2,1,3H3. The van der Waals surface area contributed by atoms with Gasteiger partial charge in [0.2, 0.25) is 5.79 Å². The Bertz CT molecular complexity index is 2180. The number of fused-ring (bicyclic) bond motifs is 3. The Hall–Kier alpha value is -5.20. The molecule has 1 heterocycles. The maximum atomic E-state index is 14.5. The first-order valence-electron chi connectivity index (χ1n) is 22.9. The molecule has 2 N–H and O–H groups in total. The summed E-state index contributed by atoms with van der Waals surface area (Å²) in [7, 11) is 0. The van der Waals surface area contributed by atoms with Gasteiger partial charge in [-0.05, 0) is 103 Å². The van der Waals surface area contributed by atoms with E-state index in [-0.39, 0.29) is 50.8 Å². The van der Waals surface area contributed by atoms with Gasteiger partial charge in [-0.3, -0.25) is 4.90 Å². The third kappa shape index (κ3) is 10.6. The molecule has 0 radical (unpaired) electrons. The van der Waals surface area contributed by atoms with E-state index in [1.165, 1.54) is 0 Å². The molecule has 3 aliphatic rings. The van der Waals surface area contributed by atoms with Crippen molar-refractivity contribution in [1.29, 1.82) is 0 Å². The van der Waals surface area contributed by atoms with E-state index in [4.69, 9.17) is 33.7 Å². The third-order valence-corrected chi connectivity index (χ3v) is 12.5. The molecule has 0 bridgehead atoms. The maximum Gasteiger partial charge on any atom is 0.410 e. The van der Waals surface area contributed by atoms with Crippen molar-refractivity contribution >= 4 is 22.6 Å². The fraction of sp³-hybridized carbons (Fsp3) is 0.462. The number of benzene rings is 4. The quantitative estimate of drug-likeness (QED) is 0.0425. The molecule has 0 spiro atoms. The van der Waals surface area contributed by atoms with Crippen molar-refractivity contribution in [3.8, 4) is 17.2 Å². The zero-order chi connectivity index (χ0) is 44.0. The number of aliphatic hydroxyl groups excluding tert-OH is 2. The highest BCUT2D eigenvalue weighted by Gasteiger charge is 2.65. The molecule has 6 unspecified atom stereocenters. The van der Waals surface area contributed by atoms with Crippen LogP contribution in [0.3, 0.4) is 0 Å². The van der Waals surface area contributed by atoms with Crippen LogP contribution in [0.2, 0.25) is 0 Å². The van der Waals surface area contributed by atoms with Crippen LogP contribution >= 0.6 is 0 Å². The molecule has 1 saturated carbocycles. The molecule has 11 nitrogen and oxygen atoms in total. The lowest BCUT2D eigenvalue weighted by atomic mass is 9.55. The summed E-state index contributed by atoms with van der Waals surface area (Å²) in [6, 6.07) is 29.5. The zero-order valence-electron chi connectivity index (χ0n) is 36.9. The number of allylic oxidation sites excluding steroid dienone is 1. The van der Waals surface area contributed by atoms with Gasteiger partial charge in [0.25, 0.3) is 0 Å². The summed E-state index contributed by atoms with van der Waals surface area (Å²) in [5.74, 6) is 0.240. The minimum atomic E-state index is -1.38. The van der Waals surface area contributed by atoms with E-state index in [0.717, 1.165) is 64.6 Å². The first-order valence-corrected chi connectivity index (χ1v) is 22.9. The van der Waals surface area contributed by atoms with Gasteiger partial charge in [-0.15, -0.1) is 6.58 Å². The Balaban J connectivity index is 1.33. The fourth-order valence-electron chi connectivity index (χ4n) is 9.87. The van der Waals surface area contributed by atoms with E-state index in [2.05, 4.69) is 43.0 Å². The molecule has 63 heavy (non-hydrogen) atoms. The number of hydrogen-bond donors (Lipinski definition) is 2. The Morgan fingerprint density at radius 2 is 1.65 bits per heavy atom. The second-order valence-electron chi connectivity index (χ2n) is 16.6. The Morgan fingerprint density at radius 1 is 0.905 bits per heavy atom. The van der Waals surface area contributed by atoms with Gasteiger partial charge in [-0.1, -0.05) is 97.7 Å². The zero-order valence-corrected chi connectivity index (χ0v) is 36.9. The van der Waals surface area contributed by atoms with Crippen molar-refractivity contribution in [2.75, 3.05) is 46.2 Å². The summed E-state index contributed by atoms with van der Waals surface area (Å²) >= 11 is 0. The number of nitrogens with zero attached hydrogens (tertiary/aromatic N) is 2. The van der Waals surface area contributed by atoms with Crippen LogP contribution < -0.4 is 9.47 Å². The SMILES string of the molecule is C=CCOC12Oc3ccc(Oc4ccc5ccccc5c4)cc3C3C(CCCCO)C(CCCCO)C=C(C(=NOCC)CC1N(CCC)C(=O)OCCOCc1ccccc1)C32. The maximum absolute atomic E-state index is 14.5. The molecule has 336 valence electrons. The van der Waals surface area contributed by atoms with Crippen molar-refractivity contribution in [3.05, 3.63) is 126 Å². The third-order valence-electron chi connectivity index (χ3n) is 12.5. The molecule has 7 rings (SSSR count). The largest absolute Gasteiger partial charge is 0.459 e. The van der Waals surface area contributed by atoms with Crippen LogP contribution in [-0.4, -0.2) is 84.9 Å². The molecular weight excluding hydrogens is 797 g/mol. The highest BCUT2D eigenvalue weighted by molar-refractivity contribution is 6.03. The second-order valence-corrected chi connectivity index (χ2v) is 16.6. The monoisotopic (exact) mass is 860 g/mol. The molecule has 0 saturated heterocycles.